The van der Waals surface area contributed by atoms with E-state index < -0.39 is 0 Å². The molecule has 3 N–H and O–H groups in total. The van der Waals surface area contributed by atoms with Crippen LogP contribution in [-0.4, -0.2) is 44.2 Å². The zero-order valence-corrected chi connectivity index (χ0v) is 11.0. The van der Waals surface area contributed by atoms with Crippen molar-refractivity contribution in [2.45, 2.75) is 31.7 Å². The molecule has 104 valence electrons. The number of amidine groups is 1. The summed E-state index contributed by atoms with van der Waals surface area (Å²) in [5.74, 6) is -0.0734. The second kappa shape index (κ2) is 5.73. The van der Waals surface area contributed by atoms with Crippen molar-refractivity contribution in [3.05, 3.63) is 18.0 Å². The summed E-state index contributed by atoms with van der Waals surface area (Å²) in [7, 11) is 1.76. The molecule has 1 aromatic heterocycles. The van der Waals surface area contributed by atoms with Gasteiger partial charge in [0.2, 0.25) is 0 Å². The van der Waals surface area contributed by atoms with Crippen LogP contribution in [0, 0.1) is 0 Å². The molecule has 2 rings (SSSR count). The summed E-state index contributed by atoms with van der Waals surface area (Å²) >= 11 is 0. The van der Waals surface area contributed by atoms with E-state index in [-0.39, 0.29) is 24.3 Å². The molecule has 7 heteroatoms. The number of hydrogen-bond donors (Lipinski definition) is 2. The van der Waals surface area contributed by atoms with Crippen molar-refractivity contribution in [3.8, 4) is 0 Å². The van der Waals surface area contributed by atoms with Gasteiger partial charge < -0.3 is 15.8 Å². The van der Waals surface area contributed by atoms with E-state index in [0.29, 0.717) is 5.56 Å². The predicted molar refractivity (Wildman–Crippen MR) is 69.9 cm³/mol. The molecule has 1 fully saturated rings. The molecule has 0 aliphatic heterocycles. The molecule has 19 heavy (non-hydrogen) atoms. The number of hydrogen-bond acceptors (Lipinski definition) is 4. The zero-order chi connectivity index (χ0) is 13.8. The minimum absolute atomic E-state index is 0.0455. The Morgan fingerprint density at radius 1 is 1.63 bits per heavy atom. The number of nitrogens with two attached hydrogens (primary N) is 1. The van der Waals surface area contributed by atoms with Gasteiger partial charge in [0, 0.05) is 19.3 Å². The van der Waals surface area contributed by atoms with Crippen molar-refractivity contribution in [1.82, 2.24) is 14.7 Å². The maximum Gasteiger partial charge on any atom is 0.257 e. The van der Waals surface area contributed by atoms with Gasteiger partial charge in [-0.2, -0.15) is 5.10 Å². The lowest BCUT2D eigenvalue weighted by atomic mass is 10.1. The van der Waals surface area contributed by atoms with Gasteiger partial charge in [-0.1, -0.05) is 18.0 Å². The monoisotopic (exact) mass is 265 g/mol. The van der Waals surface area contributed by atoms with Gasteiger partial charge in [-0.3, -0.25) is 9.48 Å². The van der Waals surface area contributed by atoms with Crippen LogP contribution in [0.2, 0.25) is 0 Å². The Labute approximate surface area is 111 Å². The summed E-state index contributed by atoms with van der Waals surface area (Å²) in [5, 5.41) is 15.7. The van der Waals surface area contributed by atoms with Crippen molar-refractivity contribution in [2.24, 2.45) is 17.9 Å². The molecule has 0 unspecified atom stereocenters. The molecule has 0 spiro atoms. The molecular formula is C12H19N5O2. The average Bonchev–Trinajstić information content (AvgIpc) is 3.05. The van der Waals surface area contributed by atoms with E-state index in [1.165, 1.54) is 6.20 Å². The summed E-state index contributed by atoms with van der Waals surface area (Å²) in [6, 6.07) is 0.160. The number of amides is 1. The van der Waals surface area contributed by atoms with E-state index in [2.05, 4.69) is 10.3 Å². The molecule has 1 saturated carbocycles. The molecule has 0 bridgehead atoms. The molecule has 7 nitrogen and oxygen atoms in total. The fraction of sp³-hybridized carbons (Fsp3) is 0.583. The Hall–Kier alpha value is -2.05. The van der Waals surface area contributed by atoms with Crippen molar-refractivity contribution in [3.63, 3.8) is 0 Å². The third-order valence-electron chi connectivity index (χ3n) is 3.44. The number of aromatic nitrogens is 2. The number of oxime groups is 1. The number of carbonyl (C=O) groups is 1. The van der Waals surface area contributed by atoms with E-state index >= 15 is 0 Å². The van der Waals surface area contributed by atoms with Crippen molar-refractivity contribution in [2.75, 3.05) is 6.54 Å². The molecule has 0 radical (unpaired) electrons. The quantitative estimate of drug-likeness (QED) is 0.359. The Bertz CT molecular complexity index is 476. The fourth-order valence-corrected chi connectivity index (χ4v) is 2.49. The number of rotatable bonds is 4. The van der Waals surface area contributed by atoms with Crippen molar-refractivity contribution >= 4 is 11.7 Å². The molecule has 1 amide bonds. The van der Waals surface area contributed by atoms with Crippen LogP contribution in [0.25, 0.3) is 0 Å². The molecule has 0 aromatic carbocycles. The summed E-state index contributed by atoms with van der Waals surface area (Å²) in [4.78, 5) is 14.2. The van der Waals surface area contributed by atoms with Gasteiger partial charge in [-0.15, -0.1) is 0 Å². The first kappa shape index (κ1) is 13.4. The van der Waals surface area contributed by atoms with Gasteiger partial charge in [-0.25, -0.2) is 0 Å². The van der Waals surface area contributed by atoms with Gasteiger partial charge in [-0.05, 0) is 12.8 Å². The maximum absolute atomic E-state index is 12.5. The molecule has 1 aliphatic carbocycles. The molecule has 1 aliphatic rings. The van der Waals surface area contributed by atoms with E-state index in [9.17, 15) is 4.79 Å². The normalized spacial score (nSPS) is 16.8. The third-order valence-corrected chi connectivity index (χ3v) is 3.44. The van der Waals surface area contributed by atoms with Crippen LogP contribution in [0.1, 0.15) is 36.0 Å². The Morgan fingerprint density at radius 3 is 2.84 bits per heavy atom. The maximum atomic E-state index is 12.5. The van der Waals surface area contributed by atoms with Gasteiger partial charge >= 0.3 is 0 Å². The summed E-state index contributed by atoms with van der Waals surface area (Å²) in [6.07, 6.45) is 7.36. The van der Waals surface area contributed by atoms with Crippen LogP contribution < -0.4 is 5.73 Å². The SMILES string of the molecule is Cn1cc(C(=O)N(CC(N)=NO)C2CCCC2)cn1. The second-order valence-electron chi connectivity index (χ2n) is 4.87. The van der Waals surface area contributed by atoms with Crippen molar-refractivity contribution < 1.29 is 10.0 Å². The predicted octanol–water partition coefficient (Wildman–Crippen LogP) is 0.551. The van der Waals surface area contributed by atoms with E-state index in [1.54, 1.807) is 22.8 Å². The van der Waals surface area contributed by atoms with Gasteiger partial charge in [0.05, 0.1) is 18.3 Å². The number of carbonyl (C=O) groups excluding carboxylic acids is 1. The highest BCUT2D eigenvalue weighted by molar-refractivity contribution is 5.96. The molecule has 1 heterocycles. The summed E-state index contributed by atoms with van der Waals surface area (Å²) in [5.41, 5.74) is 6.08. The standard InChI is InChI=1S/C12H19N5O2/c1-16-7-9(6-14-16)12(18)17(8-11(13)15-19)10-4-2-3-5-10/h6-7,10,19H,2-5,8H2,1H3,(H2,13,15). The first-order valence-electron chi connectivity index (χ1n) is 6.38. The fourth-order valence-electron chi connectivity index (χ4n) is 2.49. The zero-order valence-electron chi connectivity index (χ0n) is 11.0. The van der Waals surface area contributed by atoms with Crippen LogP contribution >= 0.6 is 0 Å². The summed E-state index contributed by atoms with van der Waals surface area (Å²) < 4.78 is 1.59. The van der Waals surface area contributed by atoms with Crippen molar-refractivity contribution in [1.29, 1.82) is 0 Å². The number of nitrogens with zero attached hydrogens (tertiary/aromatic N) is 4. The first-order valence-corrected chi connectivity index (χ1v) is 6.38. The second-order valence-corrected chi connectivity index (χ2v) is 4.87. The van der Waals surface area contributed by atoms with Crippen LogP contribution in [0.5, 0.6) is 0 Å². The lowest BCUT2D eigenvalue weighted by molar-refractivity contribution is 0.0712. The van der Waals surface area contributed by atoms with Gasteiger partial charge in [0.1, 0.15) is 0 Å². The minimum atomic E-state index is -0.119. The van der Waals surface area contributed by atoms with Crippen LogP contribution in [0.15, 0.2) is 17.5 Å². The van der Waals surface area contributed by atoms with Crippen LogP contribution in [0.3, 0.4) is 0 Å². The topological polar surface area (TPSA) is 96.7 Å². The molecular weight excluding hydrogens is 246 g/mol. The summed E-state index contributed by atoms with van der Waals surface area (Å²) in [6.45, 7) is 0.148. The van der Waals surface area contributed by atoms with Crippen LogP contribution in [-0.2, 0) is 7.05 Å². The highest BCUT2D eigenvalue weighted by Gasteiger charge is 2.28. The lowest BCUT2D eigenvalue weighted by Crippen LogP contribution is -2.44. The molecule has 0 atom stereocenters. The van der Waals surface area contributed by atoms with E-state index in [0.717, 1.165) is 25.7 Å². The Balaban J connectivity index is 2.18. The smallest absolute Gasteiger partial charge is 0.257 e. The molecule has 0 saturated heterocycles. The Morgan fingerprint density at radius 2 is 2.32 bits per heavy atom. The number of aryl methyl sites for hydroxylation is 1. The largest absolute Gasteiger partial charge is 0.409 e. The third kappa shape index (κ3) is 3.04. The Kier molecular flexibility index (Phi) is 4.03. The average molecular weight is 265 g/mol. The first-order chi connectivity index (χ1) is 9.11. The lowest BCUT2D eigenvalue weighted by Gasteiger charge is -2.28. The minimum Gasteiger partial charge on any atom is -0.409 e. The van der Waals surface area contributed by atoms with Gasteiger partial charge in [0.15, 0.2) is 5.84 Å². The van der Waals surface area contributed by atoms with E-state index in [4.69, 9.17) is 10.9 Å². The highest BCUT2D eigenvalue weighted by atomic mass is 16.4. The van der Waals surface area contributed by atoms with Gasteiger partial charge in [0.25, 0.3) is 5.91 Å². The van der Waals surface area contributed by atoms with E-state index in [1.807, 2.05) is 0 Å². The molecule has 1 aromatic rings. The highest BCUT2D eigenvalue weighted by Crippen LogP contribution is 2.24. The van der Waals surface area contributed by atoms with Crippen LogP contribution in [0.4, 0.5) is 0 Å².